The quantitative estimate of drug-likeness (QED) is 0.0117. The molecule has 0 radical (unpaired) electrons. The van der Waals surface area contributed by atoms with Gasteiger partial charge in [-0.3, -0.25) is 10.9 Å². The molecule has 0 saturated carbocycles. The first-order valence-corrected chi connectivity index (χ1v) is 24.8. The predicted molar refractivity (Wildman–Crippen MR) is 281 cm³/mol. The third kappa shape index (κ3) is 15.9. The van der Waals surface area contributed by atoms with Gasteiger partial charge in [-0.15, -0.1) is 0 Å². The zero-order chi connectivity index (χ0) is 50.3. The van der Waals surface area contributed by atoms with Gasteiger partial charge < -0.3 is 28.4 Å². The molecule has 0 aliphatic heterocycles. The van der Waals surface area contributed by atoms with E-state index in [1.54, 1.807) is 48.5 Å². The van der Waals surface area contributed by atoms with Crippen molar-refractivity contribution in [3.8, 4) is 23.0 Å². The van der Waals surface area contributed by atoms with Gasteiger partial charge in [-0.25, -0.2) is 29.1 Å². The molecule has 0 fully saturated rings. The second-order valence-corrected chi connectivity index (χ2v) is 17.8. The first-order valence-electron chi connectivity index (χ1n) is 23.2. The smallest absolute Gasteiger partial charge is 0.343 e. The SMILES string of the molecule is C=CC(=O)OCCCCCCOc1ccc(C(=O)Oc2cc(/C=N/Nc3nc4ccccc4s3)c(OC(=O)c3ccc(OCCCCCCOC(=O)C=C)cc3)cc2/C=N/Nc2nc3ccccc3s2)cc1. The van der Waals surface area contributed by atoms with Gasteiger partial charge in [0.15, 0.2) is 0 Å². The van der Waals surface area contributed by atoms with Crippen LogP contribution >= 0.6 is 22.7 Å². The van der Waals surface area contributed by atoms with Gasteiger partial charge in [0, 0.05) is 23.3 Å². The molecule has 18 heteroatoms. The summed E-state index contributed by atoms with van der Waals surface area (Å²) < 4.78 is 35.9. The van der Waals surface area contributed by atoms with Gasteiger partial charge >= 0.3 is 23.9 Å². The van der Waals surface area contributed by atoms with E-state index in [1.807, 2.05) is 48.5 Å². The third-order valence-corrected chi connectivity index (χ3v) is 12.4. The van der Waals surface area contributed by atoms with Gasteiger partial charge in [0.2, 0.25) is 10.3 Å². The van der Waals surface area contributed by atoms with E-state index in [9.17, 15) is 19.2 Å². The van der Waals surface area contributed by atoms with Crippen LogP contribution in [0.4, 0.5) is 10.3 Å². The molecule has 0 spiro atoms. The van der Waals surface area contributed by atoms with Crippen LogP contribution in [-0.4, -0.2) is 72.7 Å². The summed E-state index contributed by atoms with van der Waals surface area (Å²) in [6, 6.07) is 31.7. The summed E-state index contributed by atoms with van der Waals surface area (Å²) in [5, 5.41) is 9.95. The number of thiazole rings is 2. The fraction of sp³-hybridized carbons (Fsp3) is 0.222. The standard InChI is InChI=1S/C54H52N6O10S2/c1-3-49(61)67-31-15-7-5-13-29-65-41-25-21-37(22-26-41)51(63)69-45-33-40(36-56-60-54-58-44-18-10-12-20-48(44)72-54)46(34-39(45)35-55-59-53-57-43-17-9-11-19-47(43)71-53)70-52(64)38-23-27-42(28-24-38)66-30-14-6-8-16-32-68-50(62)4-2/h3-4,9-12,17-28,33-36H,1-2,5-8,13-16,29-32H2,(H,57,59)(H,58,60)/b55-35+,56-36+. The van der Waals surface area contributed by atoms with Crippen LogP contribution in [0.3, 0.4) is 0 Å². The van der Waals surface area contributed by atoms with Crippen molar-refractivity contribution in [1.82, 2.24) is 9.97 Å². The Labute approximate surface area is 424 Å². The normalized spacial score (nSPS) is 11.1. The number of hydrogen-bond donors (Lipinski definition) is 2. The van der Waals surface area contributed by atoms with E-state index < -0.39 is 23.9 Å². The van der Waals surface area contributed by atoms with Crippen LogP contribution in [0.5, 0.6) is 23.0 Å². The molecule has 2 heterocycles. The van der Waals surface area contributed by atoms with Gasteiger partial charge in [0.05, 0.1) is 70.4 Å². The first-order chi connectivity index (χ1) is 35.2. The van der Waals surface area contributed by atoms with Crippen LogP contribution in [0.15, 0.2) is 145 Å². The number of unbranched alkanes of at least 4 members (excludes halogenated alkanes) is 6. The van der Waals surface area contributed by atoms with Crippen molar-refractivity contribution < 1.29 is 47.6 Å². The number of anilines is 2. The highest BCUT2D eigenvalue weighted by molar-refractivity contribution is 7.22. The Morgan fingerprint density at radius 3 is 1.29 bits per heavy atom. The fourth-order valence-corrected chi connectivity index (χ4v) is 8.41. The van der Waals surface area contributed by atoms with Crippen molar-refractivity contribution in [2.24, 2.45) is 10.2 Å². The zero-order valence-electron chi connectivity index (χ0n) is 39.3. The number of esters is 4. The van der Waals surface area contributed by atoms with Crippen LogP contribution in [0.2, 0.25) is 0 Å². The van der Waals surface area contributed by atoms with Gasteiger partial charge in [-0.05, 0) is 136 Å². The Kier molecular flexibility index (Phi) is 19.5. The summed E-state index contributed by atoms with van der Waals surface area (Å²) in [6.45, 7) is 8.44. The minimum absolute atomic E-state index is 0.0910. The van der Waals surface area contributed by atoms with Crippen LogP contribution in [-0.2, 0) is 19.1 Å². The molecule has 16 nitrogen and oxygen atoms in total. The van der Waals surface area contributed by atoms with E-state index >= 15 is 0 Å². The predicted octanol–water partition coefficient (Wildman–Crippen LogP) is 11.6. The molecule has 2 N–H and O–H groups in total. The van der Waals surface area contributed by atoms with E-state index in [-0.39, 0.29) is 33.8 Å². The monoisotopic (exact) mass is 1010 g/mol. The summed E-state index contributed by atoms with van der Waals surface area (Å²) in [5.41, 5.74) is 8.63. The Morgan fingerprint density at radius 1 is 0.514 bits per heavy atom. The number of nitrogens with zero attached hydrogens (tertiary/aromatic N) is 4. The van der Waals surface area contributed by atoms with Crippen molar-refractivity contribution in [2.45, 2.75) is 51.4 Å². The van der Waals surface area contributed by atoms with E-state index in [2.05, 4.69) is 44.2 Å². The molecule has 0 unspecified atom stereocenters. The van der Waals surface area contributed by atoms with Crippen LogP contribution in [0.25, 0.3) is 20.4 Å². The lowest BCUT2D eigenvalue weighted by Crippen LogP contribution is -2.13. The maximum absolute atomic E-state index is 13.8. The number of rotatable bonds is 28. The molecule has 0 amide bonds. The van der Waals surface area contributed by atoms with Gasteiger partial charge in [-0.1, -0.05) is 60.1 Å². The van der Waals surface area contributed by atoms with E-state index in [0.29, 0.717) is 48.2 Å². The Morgan fingerprint density at radius 2 is 0.903 bits per heavy atom. The van der Waals surface area contributed by atoms with Crippen molar-refractivity contribution in [3.63, 3.8) is 0 Å². The highest BCUT2D eigenvalue weighted by Gasteiger charge is 2.19. The molecule has 7 rings (SSSR count). The Balaban J connectivity index is 1.07. The van der Waals surface area contributed by atoms with Gasteiger partial charge in [-0.2, -0.15) is 10.2 Å². The van der Waals surface area contributed by atoms with Gasteiger partial charge in [0.25, 0.3) is 0 Å². The lowest BCUT2D eigenvalue weighted by atomic mass is 10.1. The number of hydrazone groups is 2. The average Bonchev–Trinajstić information content (AvgIpc) is 4.02. The molecular weight excluding hydrogens is 957 g/mol. The van der Waals surface area contributed by atoms with E-state index in [4.69, 9.17) is 28.4 Å². The highest BCUT2D eigenvalue weighted by Crippen LogP contribution is 2.31. The van der Waals surface area contributed by atoms with Crippen LogP contribution in [0, 0.1) is 0 Å². The number of ether oxygens (including phenoxy) is 6. The number of benzene rings is 5. The number of para-hydroxylation sites is 2. The van der Waals surface area contributed by atoms with Crippen molar-refractivity contribution in [1.29, 1.82) is 0 Å². The summed E-state index contributed by atoms with van der Waals surface area (Å²) in [4.78, 5) is 59.3. The van der Waals surface area contributed by atoms with Crippen LogP contribution in [0.1, 0.15) is 83.2 Å². The Bertz CT molecular complexity index is 2750. The zero-order valence-corrected chi connectivity index (χ0v) is 40.9. The molecule has 370 valence electrons. The lowest BCUT2D eigenvalue weighted by Gasteiger charge is -2.14. The van der Waals surface area contributed by atoms with Crippen molar-refractivity contribution in [2.75, 3.05) is 37.3 Å². The van der Waals surface area contributed by atoms with Gasteiger partial charge in [0.1, 0.15) is 23.0 Å². The topological polar surface area (TPSA) is 198 Å². The highest BCUT2D eigenvalue weighted by atomic mass is 32.1. The molecule has 0 bridgehead atoms. The second kappa shape index (κ2) is 27.2. The number of nitrogens with one attached hydrogen (secondary N) is 2. The summed E-state index contributed by atoms with van der Waals surface area (Å²) >= 11 is 2.83. The van der Waals surface area contributed by atoms with E-state index in [0.717, 1.165) is 84.0 Å². The molecular formula is C54H52N6O10S2. The molecule has 0 atom stereocenters. The number of carbonyl (C=O) groups is 4. The molecule has 7 aromatic rings. The molecule has 2 aromatic heterocycles. The molecule has 0 aliphatic carbocycles. The second-order valence-electron chi connectivity index (χ2n) is 15.7. The maximum atomic E-state index is 13.8. The maximum Gasteiger partial charge on any atom is 0.343 e. The third-order valence-electron chi connectivity index (χ3n) is 10.5. The molecule has 0 aliphatic rings. The molecule has 72 heavy (non-hydrogen) atoms. The first kappa shape index (κ1) is 51.6. The van der Waals surface area contributed by atoms with Crippen molar-refractivity contribution >= 4 is 89.7 Å². The molecule has 5 aromatic carbocycles. The summed E-state index contributed by atoms with van der Waals surface area (Å²) in [5.74, 6) is -0.833. The average molecular weight is 1010 g/mol. The number of carbonyl (C=O) groups excluding carboxylic acids is 4. The number of fused-ring (bicyclic) bond motifs is 2. The fourth-order valence-electron chi connectivity index (χ4n) is 6.77. The minimum atomic E-state index is -0.665. The largest absolute Gasteiger partial charge is 0.494 e. The van der Waals surface area contributed by atoms with E-state index in [1.165, 1.54) is 47.2 Å². The van der Waals surface area contributed by atoms with Crippen molar-refractivity contribution in [3.05, 3.63) is 157 Å². The lowest BCUT2D eigenvalue weighted by molar-refractivity contribution is -0.138. The molecule has 0 saturated heterocycles. The minimum Gasteiger partial charge on any atom is -0.494 e. The Hall–Kier alpha value is -8.22. The number of hydrogen-bond acceptors (Lipinski definition) is 18. The summed E-state index contributed by atoms with van der Waals surface area (Å²) in [6.07, 6.45) is 11.8. The summed E-state index contributed by atoms with van der Waals surface area (Å²) in [7, 11) is 0. The van der Waals surface area contributed by atoms with Crippen LogP contribution < -0.4 is 29.8 Å². The number of aromatic nitrogens is 2.